The highest BCUT2D eigenvalue weighted by atomic mass is 35.5. The second-order valence-corrected chi connectivity index (χ2v) is 8.14. The molecule has 0 fully saturated rings. The SMILES string of the molecule is O=[N+]([O-])c1ccc(Sc2ccc(Cl)cc2)c(CNc2cc(Cl)cc(Cl)c2O)c1. The number of hydrogen-bond donors (Lipinski definition) is 2. The Morgan fingerprint density at radius 2 is 1.71 bits per heavy atom. The number of non-ortho nitro benzene ring substituents is 1. The van der Waals surface area contributed by atoms with Gasteiger partial charge in [-0.3, -0.25) is 10.1 Å². The fraction of sp³-hybridized carbons (Fsp3) is 0.0526. The molecule has 3 aromatic carbocycles. The van der Waals surface area contributed by atoms with Gasteiger partial charge in [0.2, 0.25) is 0 Å². The number of aromatic hydroxyl groups is 1. The number of benzene rings is 3. The lowest BCUT2D eigenvalue weighted by atomic mass is 10.2. The molecule has 144 valence electrons. The van der Waals surface area contributed by atoms with Gasteiger partial charge in [-0.05, 0) is 48.0 Å². The smallest absolute Gasteiger partial charge is 0.269 e. The molecule has 0 aliphatic rings. The summed E-state index contributed by atoms with van der Waals surface area (Å²) in [5.41, 5.74) is 1.00. The number of halogens is 3. The maximum absolute atomic E-state index is 11.2. The fourth-order valence-corrected chi connectivity index (χ4v) is 3.98. The molecule has 28 heavy (non-hydrogen) atoms. The molecule has 0 amide bonds. The number of nitrogens with one attached hydrogen (secondary N) is 1. The number of anilines is 1. The van der Waals surface area contributed by atoms with Gasteiger partial charge >= 0.3 is 0 Å². The maximum atomic E-state index is 11.2. The molecule has 0 unspecified atom stereocenters. The van der Waals surface area contributed by atoms with E-state index in [0.717, 1.165) is 9.79 Å². The lowest BCUT2D eigenvalue weighted by molar-refractivity contribution is -0.385. The number of nitro benzene ring substituents is 1. The van der Waals surface area contributed by atoms with E-state index in [4.69, 9.17) is 34.8 Å². The van der Waals surface area contributed by atoms with Crippen molar-refractivity contribution in [2.24, 2.45) is 0 Å². The number of hydrogen-bond acceptors (Lipinski definition) is 5. The molecule has 0 bridgehead atoms. The molecule has 0 saturated heterocycles. The van der Waals surface area contributed by atoms with Crippen molar-refractivity contribution < 1.29 is 10.0 Å². The van der Waals surface area contributed by atoms with E-state index in [1.807, 2.05) is 12.1 Å². The lowest BCUT2D eigenvalue weighted by Gasteiger charge is -2.13. The first kappa shape index (κ1) is 20.6. The van der Waals surface area contributed by atoms with Crippen LogP contribution >= 0.6 is 46.6 Å². The molecule has 0 radical (unpaired) electrons. The third-order valence-electron chi connectivity index (χ3n) is 3.79. The van der Waals surface area contributed by atoms with Gasteiger partial charge in [-0.1, -0.05) is 46.6 Å². The van der Waals surface area contributed by atoms with Crippen LogP contribution in [0, 0.1) is 10.1 Å². The van der Waals surface area contributed by atoms with Gasteiger partial charge in [0.15, 0.2) is 5.75 Å². The maximum Gasteiger partial charge on any atom is 0.269 e. The topological polar surface area (TPSA) is 75.4 Å². The monoisotopic (exact) mass is 454 g/mol. The Labute approximate surface area is 180 Å². The normalized spacial score (nSPS) is 10.7. The van der Waals surface area contributed by atoms with Gasteiger partial charge < -0.3 is 10.4 Å². The van der Waals surface area contributed by atoms with E-state index in [9.17, 15) is 15.2 Å². The van der Waals surface area contributed by atoms with Crippen LogP contribution < -0.4 is 5.32 Å². The molecule has 9 heteroatoms. The Hall–Kier alpha value is -2.12. The van der Waals surface area contributed by atoms with Crippen LogP contribution in [-0.2, 0) is 6.54 Å². The van der Waals surface area contributed by atoms with Crippen molar-refractivity contribution in [3.63, 3.8) is 0 Å². The van der Waals surface area contributed by atoms with E-state index in [-0.39, 0.29) is 23.0 Å². The van der Waals surface area contributed by atoms with Crippen molar-refractivity contribution >= 4 is 57.9 Å². The summed E-state index contributed by atoms with van der Waals surface area (Å²) in [5.74, 6) is -0.136. The molecule has 0 aliphatic carbocycles. The second-order valence-electron chi connectivity index (χ2n) is 5.74. The quantitative estimate of drug-likeness (QED) is 0.237. The zero-order valence-corrected chi connectivity index (χ0v) is 17.2. The van der Waals surface area contributed by atoms with Gasteiger partial charge in [-0.25, -0.2) is 0 Å². The van der Waals surface area contributed by atoms with Gasteiger partial charge in [-0.2, -0.15) is 0 Å². The first-order chi connectivity index (χ1) is 13.3. The number of rotatable bonds is 6. The van der Waals surface area contributed by atoms with Crippen LogP contribution in [0.25, 0.3) is 0 Å². The molecule has 3 aromatic rings. The average molecular weight is 456 g/mol. The van der Waals surface area contributed by atoms with Gasteiger partial charge in [0.1, 0.15) is 0 Å². The minimum Gasteiger partial charge on any atom is -0.504 e. The Bertz CT molecular complexity index is 1030. The molecule has 0 aliphatic heterocycles. The molecule has 3 rings (SSSR count). The first-order valence-electron chi connectivity index (χ1n) is 7.96. The van der Waals surface area contributed by atoms with Crippen LogP contribution in [0.5, 0.6) is 5.75 Å². The summed E-state index contributed by atoms with van der Waals surface area (Å²) in [6.45, 7) is 0.224. The summed E-state index contributed by atoms with van der Waals surface area (Å²) in [4.78, 5) is 12.5. The van der Waals surface area contributed by atoms with Crippen molar-refractivity contribution in [1.29, 1.82) is 0 Å². The van der Waals surface area contributed by atoms with Gasteiger partial charge in [0, 0.05) is 38.5 Å². The minimum atomic E-state index is -0.450. The highest BCUT2D eigenvalue weighted by Crippen LogP contribution is 2.37. The highest BCUT2D eigenvalue weighted by molar-refractivity contribution is 7.99. The molecule has 0 heterocycles. The fourth-order valence-electron chi connectivity index (χ4n) is 2.44. The van der Waals surface area contributed by atoms with Crippen molar-refractivity contribution in [2.45, 2.75) is 16.3 Å². The molecular formula is C19H13Cl3N2O3S. The molecule has 0 spiro atoms. The van der Waals surface area contributed by atoms with E-state index in [2.05, 4.69) is 5.32 Å². The standard InChI is InChI=1S/C19H13Cl3N2O3S/c20-12-1-4-15(5-2-12)28-18-6-3-14(24(26)27)7-11(18)10-23-17-9-13(21)8-16(22)19(17)25/h1-9,23,25H,10H2. The Kier molecular flexibility index (Phi) is 6.57. The van der Waals surface area contributed by atoms with E-state index in [1.54, 1.807) is 18.2 Å². The van der Waals surface area contributed by atoms with Crippen LogP contribution in [0.15, 0.2) is 64.4 Å². The Morgan fingerprint density at radius 1 is 1.00 bits per heavy atom. The third-order valence-corrected chi connectivity index (χ3v) is 5.68. The molecule has 0 aromatic heterocycles. The minimum absolute atomic E-state index is 0.0226. The van der Waals surface area contributed by atoms with Crippen molar-refractivity contribution in [3.05, 3.63) is 85.3 Å². The van der Waals surface area contributed by atoms with Crippen molar-refractivity contribution in [3.8, 4) is 5.75 Å². The van der Waals surface area contributed by atoms with E-state index < -0.39 is 4.92 Å². The summed E-state index contributed by atoms with van der Waals surface area (Å²) < 4.78 is 0. The summed E-state index contributed by atoms with van der Waals surface area (Å²) >= 11 is 19.3. The number of nitrogens with zero attached hydrogens (tertiary/aromatic N) is 1. The molecular weight excluding hydrogens is 443 g/mol. The van der Waals surface area contributed by atoms with Gasteiger partial charge in [0.25, 0.3) is 5.69 Å². The van der Waals surface area contributed by atoms with Crippen LogP contribution in [-0.4, -0.2) is 10.0 Å². The lowest BCUT2D eigenvalue weighted by Crippen LogP contribution is -2.02. The summed E-state index contributed by atoms with van der Waals surface area (Å²) in [6, 6.07) is 14.9. The largest absolute Gasteiger partial charge is 0.504 e. The molecule has 0 atom stereocenters. The summed E-state index contributed by atoms with van der Waals surface area (Å²) in [6.07, 6.45) is 0. The zero-order valence-electron chi connectivity index (χ0n) is 14.2. The molecule has 5 nitrogen and oxygen atoms in total. The van der Waals surface area contributed by atoms with Crippen LogP contribution in [0.1, 0.15) is 5.56 Å². The second kappa shape index (κ2) is 8.92. The van der Waals surface area contributed by atoms with Gasteiger partial charge in [-0.15, -0.1) is 0 Å². The summed E-state index contributed by atoms with van der Waals surface area (Å²) in [5, 5.41) is 25.4. The van der Waals surface area contributed by atoms with Crippen molar-refractivity contribution in [1.82, 2.24) is 0 Å². The van der Waals surface area contributed by atoms with E-state index in [1.165, 1.54) is 36.0 Å². The van der Waals surface area contributed by atoms with Crippen LogP contribution in [0.4, 0.5) is 11.4 Å². The Morgan fingerprint density at radius 3 is 2.39 bits per heavy atom. The number of phenols is 1. The predicted molar refractivity (Wildman–Crippen MR) is 114 cm³/mol. The molecule has 0 saturated carbocycles. The van der Waals surface area contributed by atoms with Crippen LogP contribution in [0.3, 0.4) is 0 Å². The Balaban J connectivity index is 1.90. The van der Waals surface area contributed by atoms with Gasteiger partial charge in [0.05, 0.1) is 15.6 Å². The predicted octanol–water partition coefficient (Wildman–Crippen LogP) is 7.02. The summed E-state index contributed by atoms with van der Waals surface area (Å²) in [7, 11) is 0. The van der Waals surface area contributed by atoms with E-state index in [0.29, 0.717) is 21.3 Å². The zero-order chi connectivity index (χ0) is 20.3. The highest BCUT2D eigenvalue weighted by Gasteiger charge is 2.14. The first-order valence-corrected chi connectivity index (χ1v) is 9.91. The average Bonchev–Trinajstić information content (AvgIpc) is 2.66. The van der Waals surface area contributed by atoms with Crippen molar-refractivity contribution in [2.75, 3.05) is 5.32 Å². The molecule has 2 N–H and O–H groups in total. The number of phenolic OH excluding ortho intramolecular Hbond substituents is 1. The van der Waals surface area contributed by atoms with E-state index >= 15 is 0 Å². The third kappa shape index (κ3) is 5.02. The number of nitro groups is 1. The van der Waals surface area contributed by atoms with Crippen LogP contribution in [0.2, 0.25) is 15.1 Å².